The second-order valence-corrected chi connectivity index (χ2v) is 9.47. The first-order chi connectivity index (χ1) is 13.6. The number of rotatable bonds is 4. The Bertz CT molecular complexity index is 859. The zero-order valence-corrected chi connectivity index (χ0v) is 17.9. The van der Waals surface area contributed by atoms with Crippen LogP contribution in [-0.4, -0.2) is 57.9 Å². The first-order valence-corrected chi connectivity index (χ1v) is 11.9. The van der Waals surface area contributed by atoms with Gasteiger partial charge in [0.15, 0.2) is 0 Å². The Morgan fingerprint density at radius 2 is 1.93 bits per heavy atom. The molecule has 2 aliphatic heterocycles. The third-order valence-corrected chi connectivity index (χ3v) is 7.62. The van der Waals surface area contributed by atoms with Crippen molar-refractivity contribution in [3.05, 3.63) is 50.9 Å². The van der Waals surface area contributed by atoms with Crippen molar-refractivity contribution >= 4 is 46.5 Å². The van der Waals surface area contributed by atoms with E-state index < -0.39 is 0 Å². The highest BCUT2D eigenvalue weighted by Crippen LogP contribution is 2.31. The van der Waals surface area contributed by atoms with Gasteiger partial charge in [-0.3, -0.25) is 9.59 Å². The number of nitrogens with zero attached hydrogens (tertiary/aromatic N) is 3. The molecule has 2 saturated heterocycles. The quantitative estimate of drug-likeness (QED) is 0.731. The molecule has 2 aliphatic rings. The average Bonchev–Trinajstić information content (AvgIpc) is 3.42. The minimum Gasteiger partial charge on any atom is -0.342 e. The fourth-order valence-electron chi connectivity index (χ4n) is 3.60. The lowest BCUT2D eigenvalue weighted by atomic mass is 9.97. The van der Waals surface area contributed by atoms with Crippen LogP contribution >= 0.6 is 34.7 Å². The number of thioether (sulfide) groups is 1. The molecule has 8 heteroatoms. The van der Waals surface area contributed by atoms with Gasteiger partial charge in [-0.2, -0.15) is 0 Å². The van der Waals surface area contributed by atoms with E-state index >= 15 is 0 Å². The number of carbonyl (C=O) groups excluding carboxylic acids is 2. The minimum absolute atomic E-state index is 0.0415. The molecule has 2 amide bonds. The molecular weight excluding hydrogens is 414 g/mol. The fraction of sp³-hybridized carbons (Fsp3) is 0.450. The molecule has 5 nitrogen and oxygen atoms in total. The number of hydrogen-bond acceptors (Lipinski definition) is 5. The van der Waals surface area contributed by atoms with Crippen molar-refractivity contribution in [2.24, 2.45) is 0 Å². The number of amides is 2. The molecule has 0 bridgehead atoms. The summed E-state index contributed by atoms with van der Waals surface area (Å²) >= 11 is 9.53. The maximum Gasteiger partial charge on any atom is 0.274 e. The van der Waals surface area contributed by atoms with Gasteiger partial charge in [0.25, 0.3) is 5.91 Å². The maximum absolute atomic E-state index is 12.6. The molecule has 2 fully saturated rings. The molecule has 0 atom stereocenters. The smallest absolute Gasteiger partial charge is 0.274 e. The van der Waals surface area contributed by atoms with Gasteiger partial charge in [0.1, 0.15) is 5.69 Å². The van der Waals surface area contributed by atoms with E-state index in [1.165, 1.54) is 0 Å². The summed E-state index contributed by atoms with van der Waals surface area (Å²) in [4.78, 5) is 33.5. The number of halogens is 1. The van der Waals surface area contributed by atoms with Crippen molar-refractivity contribution < 1.29 is 9.59 Å². The third kappa shape index (κ3) is 4.36. The number of aromatic nitrogens is 1. The molecule has 0 aliphatic carbocycles. The summed E-state index contributed by atoms with van der Waals surface area (Å²) in [6, 6.07) is 7.50. The van der Waals surface area contributed by atoms with Crippen molar-refractivity contribution in [2.45, 2.75) is 25.2 Å². The molecule has 0 spiro atoms. The number of benzene rings is 1. The Labute approximate surface area is 178 Å². The van der Waals surface area contributed by atoms with Crippen LogP contribution < -0.4 is 0 Å². The van der Waals surface area contributed by atoms with Crippen LogP contribution in [-0.2, 0) is 11.2 Å². The lowest BCUT2D eigenvalue weighted by Crippen LogP contribution is -2.38. The third-order valence-electron chi connectivity index (χ3n) is 5.28. The van der Waals surface area contributed by atoms with Crippen LogP contribution in [0.4, 0.5) is 0 Å². The van der Waals surface area contributed by atoms with E-state index in [2.05, 4.69) is 4.98 Å². The number of piperidine rings is 1. The second kappa shape index (κ2) is 8.84. The minimum atomic E-state index is 0.0415. The molecule has 0 radical (unpaired) electrons. The molecule has 1 aromatic heterocycles. The van der Waals surface area contributed by atoms with Gasteiger partial charge in [0.2, 0.25) is 5.91 Å². The van der Waals surface area contributed by atoms with E-state index in [1.807, 2.05) is 39.4 Å². The Hall–Kier alpha value is -1.57. The monoisotopic (exact) mass is 435 g/mol. The summed E-state index contributed by atoms with van der Waals surface area (Å²) in [6.07, 6.45) is 2.11. The van der Waals surface area contributed by atoms with Gasteiger partial charge < -0.3 is 9.80 Å². The lowest BCUT2D eigenvalue weighted by Gasteiger charge is -2.31. The van der Waals surface area contributed by atoms with E-state index in [1.54, 1.807) is 23.1 Å². The molecule has 148 valence electrons. The Morgan fingerprint density at radius 3 is 2.64 bits per heavy atom. The standard InChI is InChI=1S/C20H22ClN3O2S2/c21-16-4-2-1-3-15(16)11-18(25)23-7-5-14(6-8-23)19-22-17(12-28-19)20(26)24-9-10-27-13-24/h1-4,12,14H,5-11,13H2. The SMILES string of the molecule is O=C(Cc1ccccc1Cl)N1CCC(c2nc(C(=O)N3CCSC3)cs2)CC1. The Balaban J connectivity index is 1.32. The van der Waals surface area contributed by atoms with Gasteiger partial charge in [-0.1, -0.05) is 29.8 Å². The van der Waals surface area contributed by atoms with Gasteiger partial charge in [-0.15, -0.1) is 23.1 Å². The van der Waals surface area contributed by atoms with Gasteiger partial charge in [-0.25, -0.2) is 4.98 Å². The summed E-state index contributed by atoms with van der Waals surface area (Å²) < 4.78 is 0. The summed E-state index contributed by atoms with van der Waals surface area (Å²) in [5.74, 6) is 2.25. The summed E-state index contributed by atoms with van der Waals surface area (Å²) in [6.45, 7) is 2.25. The van der Waals surface area contributed by atoms with Gasteiger partial charge >= 0.3 is 0 Å². The number of hydrogen-bond donors (Lipinski definition) is 0. The molecule has 0 saturated carbocycles. The van der Waals surface area contributed by atoms with Crippen molar-refractivity contribution in [3.8, 4) is 0 Å². The van der Waals surface area contributed by atoms with Gasteiger partial charge in [0, 0.05) is 41.7 Å². The van der Waals surface area contributed by atoms with E-state index in [-0.39, 0.29) is 11.8 Å². The van der Waals surface area contributed by atoms with Crippen LogP contribution in [0.15, 0.2) is 29.6 Å². The van der Waals surface area contributed by atoms with Crippen LogP contribution in [0.1, 0.15) is 39.8 Å². The molecule has 1 aromatic carbocycles. The number of likely N-dealkylation sites (tertiary alicyclic amines) is 1. The zero-order chi connectivity index (χ0) is 19.5. The average molecular weight is 436 g/mol. The summed E-state index contributed by atoms with van der Waals surface area (Å²) in [7, 11) is 0. The van der Waals surface area contributed by atoms with Crippen molar-refractivity contribution in [1.82, 2.24) is 14.8 Å². The van der Waals surface area contributed by atoms with E-state index in [0.29, 0.717) is 23.1 Å². The molecule has 28 heavy (non-hydrogen) atoms. The van der Waals surface area contributed by atoms with Crippen molar-refractivity contribution in [2.75, 3.05) is 31.3 Å². The zero-order valence-electron chi connectivity index (χ0n) is 15.5. The first-order valence-electron chi connectivity index (χ1n) is 9.45. The molecule has 4 rings (SSSR count). The Morgan fingerprint density at radius 1 is 1.14 bits per heavy atom. The highest BCUT2D eigenvalue weighted by atomic mass is 35.5. The highest BCUT2D eigenvalue weighted by Gasteiger charge is 2.28. The van der Waals surface area contributed by atoms with E-state index in [0.717, 1.165) is 54.7 Å². The van der Waals surface area contributed by atoms with E-state index in [9.17, 15) is 9.59 Å². The van der Waals surface area contributed by atoms with Crippen LogP contribution in [0, 0.1) is 0 Å². The molecule has 3 heterocycles. The van der Waals surface area contributed by atoms with Crippen LogP contribution in [0.3, 0.4) is 0 Å². The number of thiazole rings is 1. The molecular formula is C20H22ClN3O2S2. The normalized spacial score (nSPS) is 17.9. The first kappa shape index (κ1) is 19.7. The summed E-state index contributed by atoms with van der Waals surface area (Å²) in [5.41, 5.74) is 1.44. The fourth-order valence-corrected chi connectivity index (χ4v) is 5.71. The van der Waals surface area contributed by atoms with Crippen molar-refractivity contribution in [3.63, 3.8) is 0 Å². The van der Waals surface area contributed by atoms with Crippen LogP contribution in [0.5, 0.6) is 0 Å². The molecule has 2 aromatic rings. The molecule has 0 unspecified atom stereocenters. The highest BCUT2D eigenvalue weighted by molar-refractivity contribution is 7.99. The molecule has 0 N–H and O–H groups in total. The van der Waals surface area contributed by atoms with Crippen molar-refractivity contribution in [1.29, 1.82) is 0 Å². The second-order valence-electron chi connectivity index (χ2n) is 7.10. The lowest BCUT2D eigenvalue weighted by molar-refractivity contribution is -0.131. The van der Waals surface area contributed by atoms with Crippen LogP contribution in [0.25, 0.3) is 0 Å². The van der Waals surface area contributed by atoms with Crippen LogP contribution in [0.2, 0.25) is 5.02 Å². The topological polar surface area (TPSA) is 53.5 Å². The van der Waals surface area contributed by atoms with Gasteiger partial charge in [0.05, 0.1) is 17.3 Å². The predicted octanol–water partition coefficient (Wildman–Crippen LogP) is 3.89. The number of carbonyl (C=O) groups is 2. The maximum atomic E-state index is 12.6. The largest absolute Gasteiger partial charge is 0.342 e. The summed E-state index contributed by atoms with van der Waals surface area (Å²) in [5, 5.41) is 3.55. The van der Waals surface area contributed by atoms with Gasteiger partial charge in [-0.05, 0) is 24.5 Å². The van der Waals surface area contributed by atoms with E-state index in [4.69, 9.17) is 11.6 Å². The predicted molar refractivity (Wildman–Crippen MR) is 114 cm³/mol. The Kier molecular flexibility index (Phi) is 6.23.